The largest absolute Gasteiger partial charge is 0.478 e. The van der Waals surface area contributed by atoms with Gasteiger partial charge in [0.1, 0.15) is 0 Å². The first-order valence-corrected chi connectivity index (χ1v) is 9.54. The third-order valence-electron chi connectivity index (χ3n) is 5.02. The third kappa shape index (κ3) is 4.20. The second kappa shape index (κ2) is 7.93. The first-order chi connectivity index (χ1) is 13.2. The Kier molecular flexibility index (Phi) is 5.76. The van der Waals surface area contributed by atoms with Gasteiger partial charge in [0.05, 0.1) is 24.5 Å². The van der Waals surface area contributed by atoms with E-state index in [2.05, 4.69) is 5.32 Å². The number of carboxylic acid groups (broad SMARTS) is 1. The zero-order valence-corrected chi connectivity index (χ0v) is 16.6. The number of nitrogens with one attached hydrogen (secondary N) is 1. The van der Waals surface area contributed by atoms with E-state index in [9.17, 15) is 19.5 Å². The molecular formula is C20H23ClN2O5. The van der Waals surface area contributed by atoms with Gasteiger partial charge in [-0.05, 0) is 50.8 Å². The first kappa shape index (κ1) is 20.4. The van der Waals surface area contributed by atoms with E-state index in [1.165, 1.54) is 5.06 Å². The number of hydrogen-bond donors (Lipinski definition) is 2. The van der Waals surface area contributed by atoms with Crippen LogP contribution in [0.3, 0.4) is 0 Å². The number of carbonyl (C=O) groups excluding carboxylic acids is 2. The molecule has 2 amide bonds. The van der Waals surface area contributed by atoms with Crippen LogP contribution in [0.5, 0.6) is 0 Å². The molecule has 1 heterocycles. The summed E-state index contributed by atoms with van der Waals surface area (Å²) >= 11 is 6.32. The summed E-state index contributed by atoms with van der Waals surface area (Å²) in [5.41, 5.74) is 0.742. The van der Waals surface area contributed by atoms with E-state index in [1.54, 1.807) is 24.3 Å². The Morgan fingerprint density at radius 3 is 2.75 bits per heavy atom. The Morgan fingerprint density at radius 1 is 1.39 bits per heavy atom. The number of halogens is 1. The second-order valence-corrected chi connectivity index (χ2v) is 8.15. The van der Waals surface area contributed by atoms with Crippen molar-refractivity contribution in [3.8, 4) is 0 Å². The summed E-state index contributed by atoms with van der Waals surface area (Å²) in [4.78, 5) is 41.6. The van der Waals surface area contributed by atoms with Gasteiger partial charge in [0.2, 0.25) is 5.91 Å². The number of allylic oxidation sites excluding steroid dienone is 1. The highest BCUT2D eigenvalue weighted by Gasteiger charge is 2.40. The Bertz CT molecular complexity index is 849. The van der Waals surface area contributed by atoms with Crippen molar-refractivity contribution in [1.29, 1.82) is 0 Å². The summed E-state index contributed by atoms with van der Waals surface area (Å²) in [7, 11) is 0. The summed E-state index contributed by atoms with van der Waals surface area (Å²) in [6, 6.07) is 4.99. The van der Waals surface area contributed by atoms with E-state index in [1.807, 2.05) is 13.8 Å². The Morgan fingerprint density at radius 2 is 2.14 bits per heavy atom. The first-order valence-electron chi connectivity index (χ1n) is 9.16. The van der Waals surface area contributed by atoms with E-state index in [0.717, 1.165) is 6.42 Å². The molecule has 1 unspecified atom stereocenters. The summed E-state index contributed by atoms with van der Waals surface area (Å²) < 4.78 is 0. The number of rotatable bonds is 5. The molecule has 1 aliphatic carbocycles. The smallest absolute Gasteiger partial charge is 0.332 e. The lowest BCUT2D eigenvalue weighted by molar-refractivity contribution is -0.165. The molecule has 0 saturated carbocycles. The van der Waals surface area contributed by atoms with Gasteiger partial charge in [-0.1, -0.05) is 23.7 Å². The molecule has 28 heavy (non-hydrogen) atoms. The molecule has 2 aliphatic rings. The van der Waals surface area contributed by atoms with E-state index >= 15 is 0 Å². The van der Waals surface area contributed by atoms with E-state index in [0.29, 0.717) is 35.7 Å². The zero-order chi connectivity index (χ0) is 20.5. The zero-order valence-electron chi connectivity index (χ0n) is 15.8. The van der Waals surface area contributed by atoms with Crippen molar-refractivity contribution in [3.05, 3.63) is 40.4 Å². The van der Waals surface area contributed by atoms with E-state index in [4.69, 9.17) is 16.4 Å². The van der Waals surface area contributed by atoms with E-state index in [-0.39, 0.29) is 23.9 Å². The molecular weight excluding hydrogens is 384 g/mol. The molecule has 8 heteroatoms. The topological polar surface area (TPSA) is 95.9 Å². The highest BCUT2D eigenvalue weighted by molar-refractivity contribution is 6.31. The molecule has 0 spiro atoms. The highest BCUT2D eigenvalue weighted by atomic mass is 35.5. The Balaban J connectivity index is 1.68. The minimum atomic E-state index is -1.06. The van der Waals surface area contributed by atoms with Crippen LogP contribution in [0.2, 0.25) is 5.02 Å². The Hall–Kier alpha value is -2.38. The van der Waals surface area contributed by atoms with Gasteiger partial charge in [0.15, 0.2) is 0 Å². The van der Waals surface area contributed by atoms with Gasteiger partial charge in [-0.25, -0.2) is 9.86 Å². The minimum absolute atomic E-state index is 0.105. The van der Waals surface area contributed by atoms with Crippen LogP contribution in [-0.4, -0.2) is 34.6 Å². The maximum atomic E-state index is 12.5. The van der Waals surface area contributed by atoms with Crippen molar-refractivity contribution < 1.29 is 24.3 Å². The van der Waals surface area contributed by atoms with Crippen LogP contribution in [-0.2, 0) is 25.8 Å². The van der Waals surface area contributed by atoms with Gasteiger partial charge in [-0.2, -0.15) is 0 Å². The molecule has 1 saturated heterocycles. The maximum absolute atomic E-state index is 12.5. The molecule has 1 fully saturated rings. The Labute approximate surface area is 168 Å². The number of benzene rings is 1. The van der Waals surface area contributed by atoms with Crippen LogP contribution < -0.4 is 5.32 Å². The lowest BCUT2D eigenvalue weighted by Gasteiger charge is -2.21. The minimum Gasteiger partial charge on any atom is -0.478 e. The molecule has 1 aliphatic heterocycles. The van der Waals surface area contributed by atoms with Crippen molar-refractivity contribution >= 4 is 35.1 Å². The normalized spacial score (nSPS) is 21.4. The van der Waals surface area contributed by atoms with Crippen LogP contribution in [0.4, 0.5) is 5.69 Å². The van der Waals surface area contributed by atoms with Gasteiger partial charge < -0.3 is 10.4 Å². The van der Waals surface area contributed by atoms with Gasteiger partial charge in [0, 0.05) is 16.3 Å². The summed E-state index contributed by atoms with van der Waals surface area (Å²) in [5, 5.41) is 13.7. The molecule has 2 N–H and O–H groups in total. The molecule has 0 bridgehead atoms. The SMILES string of the molecule is CC1(C)CON(Cc2ccc(NC(=O)C3CCCC=C3C(=O)O)cc2Cl)C1=O. The van der Waals surface area contributed by atoms with Crippen LogP contribution in [0.25, 0.3) is 0 Å². The maximum Gasteiger partial charge on any atom is 0.332 e. The fraction of sp³-hybridized carbons (Fsp3) is 0.450. The fourth-order valence-electron chi connectivity index (χ4n) is 3.34. The average molecular weight is 407 g/mol. The summed E-state index contributed by atoms with van der Waals surface area (Å²) in [6.07, 6.45) is 3.55. The number of amides is 2. The lowest BCUT2D eigenvalue weighted by Crippen LogP contribution is -2.30. The number of aliphatic carboxylic acids is 1. The van der Waals surface area contributed by atoms with Gasteiger partial charge in [-0.15, -0.1) is 0 Å². The molecule has 3 rings (SSSR count). The molecule has 1 atom stereocenters. The summed E-state index contributed by atoms with van der Waals surface area (Å²) in [5.74, 6) is -2.21. The lowest BCUT2D eigenvalue weighted by atomic mass is 9.87. The number of hydrogen-bond acceptors (Lipinski definition) is 4. The predicted octanol–water partition coefficient (Wildman–Crippen LogP) is 3.39. The number of anilines is 1. The van der Waals surface area contributed by atoms with Gasteiger partial charge >= 0.3 is 5.97 Å². The van der Waals surface area contributed by atoms with Crippen molar-refractivity contribution in [2.45, 2.75) is 39.7 Å². The fourth-order valence-corrected chi connectivity index (χ4v) is 3.58. The van der Waals surface area contributed by atoms with Crippen LogP contribution in [0, 0.1) is 11.3 Å². The van der Waals surface area contributed by atoms with Crippen molar-refractivity contribution in [1.82, 2.24) is 5.06 Å². The van der Waals surface area contributed by atoms with Crippen LogP contribution >= 0.6 is 11.6 Å². The van der Waals surface area contributed by atoms with Crippen LogP contribution in [0.1, 0.15) is 38.7 Å². The van der Waals surface area contributed by atoms with Crippen molar-refractivity contribution in [2.24, 2.45) is 11.3 Å². The molecule has 1 aromatic carbocycles. The standard InChI is InChI=1S/C20H23ClN2O5/c1-20(2)11-28-23(19(20)27)10-12-7-8-13(9-16(12)21)22-17(24)14-5-3-4-6-15(14)18(25)26/h6-9,14H,3-5,10-11H2,1-2H3,(H,22,24)(H,25,26). The van der Waals surface area contributed by atoms with Crippen molar-refractivity contribution in [3.63, 3.8) is 0 Å². The number of hydroxylamine groups is 2. The molecule has 0 radical (unpaired) electrons. The number of carbonyl (C=O) groups is 3. The average Bonchev–Trinajstić information content (AvgIpc) is 2.90. The predicted molar refractivity (Wildman–Crippen MR) is 103 cm³/mol. The number of nitrogens with zero attached hydrogens (tertiary/aromatic N) is 1. The second-order valence-electron chi connectivity index (χ2n) is 7.74. The van der Waals surface area contributed by atoms with Gasteiger partial charge in [0.25, 0.3) is 5.91 Å². The number of carboxylic acids is 1. The quantitative estimate of drug-likeness (QED) is 0.781. The third-order valence-corrected chi connectivity index (χ3v) is 5.37. The molecule has 0 aromatic heterocycles. The highest BCUT2D eigenvalue weighted by Crippen LogP contribution is 2.31. The molecule has 7 nitrogen and oxygen atoms in total. The monoisotopic (exact) mass is 406 g/mol. The van der Waals surface area contributed by atoms with Crippen LogP contribution in [0.15, 0.2) is 29.8 Å². The summed E-state index contributed by atoms with van der Waals surface area (Å²) in [6.45, 7) is 4.17. The van der Waals surface area contributed by atoms with Gasteiger partial charge in [-0.3, -0.25) is 14.4 Å². The van der Waals surface area contributed by atoms with Crippen molar-refractivity contribution in [2.75, 3.05) is 11.9 Å². The van der Waals surface area contributed by atoms with E-state index < -0.39 is 17.3 Å². The molecule has 1 aromatic rings. The molecule has 150 valence electrons.